The minimum absolute atomic E-state index is 0. The van der Waals surface area contributed by atoms with E-state index in [1.165, 1.54) is 11.1 Å². The van der Waals surface area contributed by atoms with Crippen LogP contribution in [0.1, 0.15) is 38.8 Å². The van der Waals surface area contributed by atoms with Gasteiger partial charge in [-0.05, 0) is 32.8 Å². The van der Waals surface area contributed by atoms with Gasteiger partial charge in [0.25, 0.3) is 0 Å². The molecule has 19 heavy (non-hydrogen) atoms. The van der Waals surface area contributed by atoms with E-state index >= 15 is 0 Å². The standard InChI is InChI=1S/C15H22NO2.Y/c1-5-12-6-8-13(9-7-12)10-11-16-14(17)18-15(2,3)4;/h6-9,11H,5,10H2,1-4H3,(H,16,17);/q-1;. The van der Waals surface area contributed by atoms with Crippen molar-refractivity contribution in [2.75, 3.05) is 0 Å². The van der Waals surface area contributed by atoms with Gasteiger partial charge in [-0.15, -0.1) is 6.42 Å². The Morgan fingerprint density at radius 3 is 2.21 bits per heavy atom. The molecule has 0 unspecified atom stereocenters. The fourth-order valence-corrected chi connectivity index (χ4v) is 1.47. The average molecular weight is 337 g/mol. The third-order valence-electron chi connectivity index (χ3n) is 2.39. The first-order valence-electron chi connectivity index (χ1n) is 6.29. The molecule has 0 spiro atoms. The van der Waals surface area contributed by atoms with Crippen molar-refractivity contribution in [2.45, 2.75) is 46.1 Å². The molecule has 1 rings (SSSR count). The maximum atomic E-state index is 11.4. The van der Waals surface area contributed by atoms with E-state index in [9.17, 15) is 4.79 Å². The summed E-state index contributed by atoms with van der Waals surface area (Å²) in [4.78, 5) is 11.4. The van der Waals surface area contributed by atoms with Gasteiger partial charge in [0.05, 0.1) is 0 Å². The van der Waals surface area contributed by atoms with Crippen LogP contribution in [0, 0.1) is 6.54 Å². The van der Waals surface area contributed by atoms with Crippen LogP contribution in [0.2, 0.25) is 0 Å². The Hall–Kier alpha value is -0.406. The number of carbonyl (C=O) groups is 1. The van der Waals surface area contributed by atoms with Gasteiger partial charge < -0.3 is 10.1 Å². The van der Waals surface area contributed by atoms with Crippen molar-refractivity contribution >= 4 is 6.09 Å². The first-order chi connectivity index (χ1) is 8.40. The molecule has 0 saturated heterocycles. The van der Waals surface area contributed by atoms with E-state index in [0.717, 1.165) is 6.42 Å². The van der Waals surface area contributed by atoms with Crippen molar-refractivity contribution < 1.29 is 42.2 Å². The van der Waals surface area contributed by atoms with Gasteiger partial charge in [0.15, 0.2) is 0 Å². The van der Waals surface area contributed by atoms with Gasteiger partial charge in [0.1, 0.15) is 5.60 Å². The van der Waals surface area contributed by atoms with E-state index in [2.05, 4.69) is 36.5 Å². The second-order valence-electron chi connectivity index (χ2n) is 5.22. The van der Waals surface area contributed by atoms with E-state index < -0.39 is 11.7 Å². The van der Waals surface area contributed by atoms with Gasteiger partial charge in [0, 0.05) is 32.7 Å². The Balaban J connectivity index is 0.00000324. The van der Waals surface area contributed by atoms with Crippen molar-refractivity contribution in [3.63, 3.8) is 0 Å². The number of rotatable bonds is 4. The fourth-order valence-electron chi connectivity index (χ4n) is 1.47. The van der Waals surface area contributed by atoms with E-state index in [4.69, 9.17) is 4.74 Å². The molecule has 1 aromatic rings. The van der Waals surface area contributed by atoms with Crippen LogP contribution in [-0.2, 0) is 50.3 Å². The Labute approximate surface area is 141 Å². The molecule has 0 fully saturated rings. The zero-order valence-electron chi connectivity index (χ0n) is 12.2. The van der Waals surface area contributed by atoms with Crippen LogP contribution in [-0.4, -0.2) is 11.7 Å². The number of alkyl carbamates (subject to hydrolysis) is 1. The number of hydrogen-bond donors (Lipinski definition) is 1. The summed E-state index contributed by atoms with van der Waals surface area (Å²) >= 11 is 0. The largest absolute Gasteiger partial charge is 0.470 e. The topological polar surface area (TPSA) is 38.3 Å². The second-order valence-corrected chi connectivity index (χ2v) is 5.22. The second kappa shape index (κ2) is 8.70. The van der Waals surface area contributed by atoms with E-state index in [1.807, 2.05) is 20.8 Å². The Kier molecular flexibility index (Phi) is 8.52. The number of aryl methyl sites for hydroxylation is 1. The predicted molar refractivity (Wildman–Crippen MR) is 73.2 cm³/mol. The molecule has 0 atom stereocenters. The van der Waals surface area contributed by atoms with Gasteiger partial charge in [-0.25, -0.2) is 11.3 Å². The minimum atomic E-state index is -0.458. The molecule has 4 heteroatoms. The number of benzene rings is 1. The Morgan fingerprint density at radius 2 is 1.74 bits per heavy atom. The molecule has 0 aliphatic heterocycles. The van der Waals surface area contributed by atoms with E-state index in [0.29, 0.717) is 6.42 Å². The van der Waals surface area contributed by atoms with Gasteiger partial charge in [-0.3, -0.25) is 0 Å². The molecular weight excluding hydrogens is 315 g/mol. The smallest absolute Gasteiger partial charge is 0.378 e. The van der Waals surface area contributed by atoms with Crippen molar-refractivity contribution in [1.82, 2.24) is 5.32 Å². The van der Waals surface area contributed by atoms with Crippen LogP contribution in [0.25, 0.3) is 0 Å². The molecule has 1 N–H and O–H groups in total. The summed E-state index contributed by atoms with van der Waals surface area (Å²) in [7, 11) is 0. The average Bonchev–Trinajstić information content (AvgIpc) is 2.27. The molecular formula is C15H22NO2Y-. The van der Waals surface area contributed by atoms with E-state index in [-0.39, 0.29) is 32.7 Å². The summed E-state index contributed by atoms with van der Waals surface area (Å²) in [5, 5.41) is 2.63. The molecule has 0 aliphatic rings. The van der Waals surface area contributed by atoms with Gasteiger partial charge in [0.2, 0.25) is 0 Å². The van der Waals surface area contributed by atoms with Crippen LogP contribution in [0.4, 0.5) is 4.79 Å². The van der Waals surface area contributed by atoms with Crippen molar-refractivity contribution in [2.24, 2.45) is 0 Å². The summed E-state index contributed by atoms with van der Waals surface area (Å²) in [5.41, 5.74) is 2.03. The maximum Gasteiger partial charge on any atom is 0.378 e. The van der Waals surface area contributed by atoms with Crippen LogP contribution in [0.5, 0.6) is 0 Å². The molecule has 0 aliphatic carbocycles. The minimum Gasteiger partial charge on any atom is -0.470 e. The third-order valence-corrected chi connectivity index (χ3v) is 2.39. The fraction of sp³-hybridized carbons (Fsp3) is 0.467. The zero-order chi connectivity index (χ0) is 13.6. The molecule has 0 saturated carbocycles. The van der Waals surface area contributed by atoms with E-state index in [1.54, 1.807) is 6.54 Å². The van der Waals surface area contributed by atoms with Crippen molar-refractivity contribution in [3.8, 4) is 0 Å². The van der Waals surface area contributed by atoms with Gasteiger partial charge >= 0.3 is 6.09 Å². The van der Waals surface area contributed by atoms with Crippen LogP contribution < -0.4 is 5.32 Å². The SMILES string of the molecule is CCc1ccc(C[CH-]NC(=O)OC(C)(C)C)cc1.[Y]. The first-order valence-corrected chi connectivity index (χ1v) is 6.29. The summed E-state index contributed by atoms with van der Waals surface area (Å²) in [6, 6.07) is 8.37. The Bertz CT molecular complexity index is 382. The van der Waals surface area contributed by atoms with Crippen molar-refractivity contribution in [3.05, 3.63) is 41.9 Å². The molecule has 0 heterocycles. The molecule has 0 bridgehead atoms. The van der Waals surface area contributed by atoms with Crippen molar-refractivity contribution in [1.29, 1.82) is 0 Å². The third kappa shape index (κ3) is 8.38. The number of carbonyl (C=O) groups excluding carboxylic acids is 1. The van der Waals surface area contributed by atoms with Gasteiger partial charge in [-0.1, -0.05) is 36.8 Å². The summed E-state index contributed by atoms with van der Waals surface area (Å²) in [6.07, 6.45) is 1.33. The van der Waals surface area contributed by atoms with Gasteiger partial charge in [-0.2, -0.15) is 0 Å². The monoisotopic (exact) mass is 337 g/mol. The Morgan fingerprint density at radius 1 is 1.21 bits per heavy atom. The quantitative estimate of drug-likeness (QED) is 0.855. The molecule has 3 nitrogen and oxygen atoms in total. The number of hydrogen-bond acceptors (Lipinski definition) is 2. The molecule has 0 aromatic heterocycles. The summed E-state index contributed by atoms with van der Waals surface area (Å²) in [6.45, 7) is 9.38. The number of amides is 1. The first kappa shape index (κ1) is 18.6. The summed E-state index contributed by atoms with van der Waals surface area (Å²) in [5.74, 6) is 0. The zero-order valence-corrected chi connectivity index (χ0v) is 15.0. The number of nitrogens with one attached hydrogen (secondary N) is 1. The number of ether oxygens (including phenoxy) is 1. The maximum absolute atomic E-state index is 11.4. The normalized spacial score (nSPS) is 10.5. The van der Waals surface area contributed by atoms with Crippen LogP contribution in [0.3, 0.4) is 0 Å². The van der Waals surface area contributed by atoms with Crippen LogP contribution >= 0.6 is 0 Å². The van der Waals surface area contributed by atoms with Crippen LogP contribution in [0.15, 0.2) is 24.3 Å². The molecule has 1 amide bonds. The summed E-state index contributed by atoms with van der Waals surface area (Å²) < 4.78 is 5.13. The molecule has 103 valence electrons. The molecule has 1 aromatic carbocycles. The molecule has 1 radical (unpaired) electrons. The predicted octanol–water partition coefficient (Wildman–Crippen LogP) is 3.48.